The van der Waals surface area contributed by atoms with E-state index in [1.54, 1.807) is 43.3 Å². The molecule has 1 fully saturated rings. The number of aryl methyl sites for hydroxylation is 1. The van der Waals surface area contributed by atoms with Crippen LogP contribution in [0.4, 0.5) is 5.69 Å². The number of nitrogens with one attached hydrogen (secondary N) is 1. The summed E-state index contributed by atoms with van der Waals surface area (Å²) in [6.07, 6.45) is 2.73. The summed E-state index contributed by atoms with van der Waals surface area (Å²) in [5, 5.41) is 0. The van der Waals surface area contributed by atoms with Gasteiger partial charge in [0.15, 0.2) is 0 Å². The summed E-state index contributed by atoms with van der Waals surface area (Å²) in [7, 11) is -7.28. The zero-order valence-corrected chi connectivity index (χ0v) is 16.9. The molecular formula is C19H24N2O4S2. The molecule has 1 aliphatic rings. The third-order valence-corrected chi connectivity index (χ3v) is 7.89. The summed E-state index contributed by atoms with van der Waals surface area (Å²) in [6, 6.07) is 13.5. The molecule has 0 amide bonds. The van der Waals surface area contributed by atoms with Gasteiger partial charge in [-0.3, -0.25) is 4.72 Å². The van der Waals surface area contributed by atoms with Crippen LogP contribution in [0.15, 0.2) is 53.4 Å². The van der Waals surface area contributed by atoms with E-state index in [1.165, 1.54) is 10.4 Å². The van der Waals surface area contributed by atoms with E-state index in [-0.39, 0.29) is 16.3 Å². The van der Waals surface area contributed by atoms with Crippen molar-refractivity contribution in [2.45, 2.75) is 36.8 Å². The number of sulfonamides is 2. The first kappa shape index (κ1) is 19.9. The summed E-state index contributed by atoms with van der Waals surface area (Å²) in [4.78, 5) is 0.157. The molecule has 0 bridgehead atoms. The number of rotatable bonds is 6. The molecule has 2 aromatic rings. The molecule has 3 rings (SSSR count). The van der Waals surface area contributed by atoms with E-state index in [0.717, 1.165) is 19.3 Å². The number of piperidine rings is 1. The van der Waals surface area contributed by atoms with Gasteiger partial charge in [0.25, 0.3) is 0 Å². The van der Waals surface area contributed by atoms with Crippen molar-refractivity contribution in [3.8, 4) is 0 Å². The number of hydrogen-bond donors (Lipinski definition) is 1. The fraction of sp³-hybridized carbons (Fsp3) is 0.368. The molecule has 27 heavy (non-hydrogen) atoms. The lowest BCUT2D eigenvalue weighted by Crippen LogP contribution is -2.36. The van der Waals surface area contributed by atoms with Crippen molar-refractivity contribution < 1.29 is 16.8 Å². The number of benzene rings is 2. The first-order chi connectivity index (χ1) is 12.8. The molecule has 0 aromatic heterocycles. The van der Waals surface area contributed by atoms with Crippen LogP contribution < -0.4 is 4.72 Å². The van der Waals surface area contributed by atoms with Gasteiger partial charge in [-0.25, -0.2) is 16.8 Å². The molecule has 6 nitrogen and oxygen atoms in total. The van der Waals surface area contributed by atoms with Crippen LogP contribution in [0, 0.1) is 6.92 Å². The molecule has 0 atom stereocenters. The summed E-state index contributed by atoms with van der Waals surface area (Å²) in [5.74, 6) is -0.171. The zero-order valence-electron chi connectivity index (χ0n) is 15.3. The maximum atomic E-state index is 13.0. The third-order valence-electron chi connectivity index (χ3n) is 4.59. The molecule has 1 aliphatic heterocycles. The van der Waals surface area contributed by atoms with E-state index < -0.39 is 20.0 Å². The highest BCUT2D eigenvalue weighted by Gasteiger charge is 2.28. The molecule has 8 heteroatoms. The molecule has 146 valence electrons. The van der Waals surface area contributed by atoms with Crippen LogP contribution in [0.2, 0.25) is 0 Å². The molecule has 2 aromatic carbocycles. The van der Waals surface area contributed by atoms with Crippen molar-refractivity contribution in [2.75, 3.05) is 17.8 Å². The van der Waals surface area contributed by atoms with E-state index in [1.807, 2.05) is 6.07 Å². The second-order valence-electron chi connectivity index (χ2n) is 6.79. The average molecular weight is 409 g/mol. The average Bonchev–Trinajstić information content (AvgIpc) is 2.64. The number of nitrogens with zero attached hydrogens (tertiary/aromatic N) is 1. The number of anilines is 1. The van der Waals surface area contributed by atoms with Gasteiger partial charge in [-0.05, 0) is 43.0 Å². The van der Waals surface area contributed by atoms with E-state index in [2.05, 4.69) is 4.72 Å². The van der Waals surface area contributed by atoms with Crippen molar-refractivity contribution in [2.24, 2.45) is 0 Å². The Kier molecular flexibility index (Phi) is 5.88. The van der Waals surface area contributed by atoms with Gasteiger partial charge in [0, 0.05) is 18.8 Å². The monoisotopic (exact) mass is 408 g/mol. The van der Waals surface area contributed by atoms with Crippen molar-refractivity contribution >= 4 is 25.7 Å². The summed E-state index contributed by atoms with van der Waals surface area (Å²) < 4.78 is 54.8. The Labute approximate surface area is 161 Å². The quantitative estimate of drug-likeness (QED) is 0.796. The van der Waals surface area contributed by atoms with Gasteiger partial charge in [-0.1, -0.05) is 42.8 Å². The standard InChI is InChI=1S/C19H24N2O4S2/c1-16-10-11-18(20-26(22,23)15-17-8-4-2-5-9-17)14-19(16)27(24,25)21-12-6-3-7-13-21/h2,4-5,8-11,14,20H,3,6-7,12-13,15H2,1H3. The maximum Gasteiger partial charge on any atom is 0.243 e. The van der Waals surface area contributed by atoms with Crippen molar-refractivity contribution in [3.63, 3.8) is 0 Å². The Bertz CT molecular complexity index is 997. The van der Waals surface area contributed by atoms with Crippen LogP contribution in [0.3, 0.4) is 0 Å². The largest absolute Gasteiger partial charge is 0.283 e. The summed E-state index contributed by atoms with van der Waals surface area (Å²) >= 11 is 0. The maximum absolute atomic E-state index is 13.0. The minimum absolute atomic E-state index is 0.157. The first-order valence-corrected chi connectivity index (χ1v) is 12.0. The topological polar surface area (TPSA) is 83.5 Å². The molecule has 0 aliphatic carbocycles. The second kappa shape index (κ2) is 8.00. The van der Waals surface area contributed by atoms with Crippen LogP contribution in [0.1, 0.15) is 30.4 Å². The lowest BCUT2D eigenvalue weighted by atomic mass is 10.2. The highest BCUT2D eigenvalue weighted by atomic mass is 32.2. The van der Waals surface area contributed by atoms with Gasteiger partial charge in [-0.2, -0.15) is 4.31 Å². The first-order valence-electron chi connectivity index (χ1n) is 8.93. The molecule has 0 spiro atoms. The van der Waals surface area contributed by atoms with Crippen LogP contribution >= 0.6 is 0 Å². The van der Waals surface area contributed by atoms with E-state index >= 15 is 0 Å². The van der Waals surface area contributed by atoms with Gasteiger partial charge < -0.3 is 0 Å². The highest BCUT2D eigenvalue weighted by molar-refractivity contribution is 7.92. The molecule has 1 saturated heterocycles. The Balaban J connectivity index is 1.84. The van der Waals surface area contributed by atoms with E-state index in [0.29, 0.717) is 24.2 Å². The normalized spacial score (nSPS) is 16.2. The summed E-state index contributed by atoms with van der Waals surface area (Å²) in [6.45, 7) is 2.73. The third kappa shape index (κ3) is 4.88. The predicted molar refractivity (Wildman–Crippen MR) is 106 cm³/mol. The van der Waals surface area contributed by atoms with Crippen LogP contribution in [0.5, 0.6) is 0 Å². The summed E-state index contributed by atoms with van der Waals surface area (Å²) in [5.41, 5.74) is 1.52. The minimum Gasteiger partial charge on any atom is -0.283 e. The predicted octanol–water partition coefficient (Wildman–Crippen LogP) is 3.11. The van der Waals surface area contributed by atoms with Crippen molar-refractivity contribution in [3.05, 3.63) is 59.7 Å². The van der Waals surface area contributed by atoms with Crippen molar-refractivity contribution in [1.82, 2.24) is 4.31 Å². The van der Waals surface area contributed by atoms with Gasteiger partial charge in [0.05, 0.1) is 10.6 Å². The van der Waals surface area contributed by atoms with Gasteiger partial charge in [0.2, 0.25) is 20.0 Å². The molecular weight excluding hydrogens is 384 g/mol. The lowest BCUT2D eigenvalue weighted by molar-refractivity contribution is 0.346. The van der Waals surface area contributed by atoms with Gasteiger partial charge in [-0.15, -0.1) is 0 Å². The molecule has 1 heterocycles. The Morgan fingerprint density at radius 3 is 2.26 bits per heavy atom. The van der Waals surface area contributed by atoms with E-state index in [9.17, 15) is 16.8 Å². The second-order valence-corrected chi connectivity index (χ2v) is 10.4. The molecule has 1 N–H and O–H groups in total. The minimum atomic E-state index is -3.65. The zero-order chi connectivity index (χ0) is 19.5. The van der Waals surface area contributed by atoms with Gasteiger partial charge in [0.1, 0.15) is 0 Å². The number of hydrogen-bond acceptors (Lipinski definition) is 4. The molecule has 0 unspecified atom stereocenters. The lowest BCUT2D eigenvalue weighted by Gasteiger charge is -2.26. The SMILES string of the molecule is Cc1ccc(NS(=O)(=O)Cc2ccccc2)cc1S(=O)(=O)N1CCCCC1. The van der Waals surface area contributed by atoms with E-state index in [4.69, 9.17) is 0 Å². The highest BCUT2D eigenvalue weighted by Crippen LogP contribution is 2.26. The Morgan fingerprint density at radius 1 is 0.926 bits per heavy atom. The fourth-order valence-electron chi connectivity index (χ4n) is 3.20. The van der Waals surface area contributed by atoms with Gasteiger partial charge >= 0.3 is 0 Å². The molecule has 0 saturated carbocycles. The molecule has 0 radical (unpaired) electrons. The smallest absolute Gasteiger partial charge is 0.243 e. The Morgan fingerprint density at radius 2 is 1.59 bits per heavy atom. The Hall–Kier alpha value is -1.90. The van der Waals surface area contributed by atoms with Crippen LogP contribution in [0.25, 0.3) is 0 Å². The van der Waals surface area contributed by atoms with Crippen LogP contribution in [-0.2, 0) is 25.8 Å². The van der Waals surface area contributed by atoms with Crippen molar-refractivity contribution in [1.29, 1.82) is 0 Å². The van der Waals surface area contributed by atoms with Crippen LogP contribution in [-0.4, -0.2) is 34.2 Å². The fourth-order valence-corrected chi connectivity index (χ4v) is 6.15.